The third kappa shape index (κ3) is 4.49. The maximum Gasteiger partial charge on any atom is 0.411 e. The van der Waals surface area contributed by atoms with Crippen LogP contribution in [0.3, 0.4) is 0 Å². The standard InChI is InChI=1S/C16H19N3O2/c1-3-21-16(20)19-15-8-6-14(7-9-15)18-12(2)13-5-4-10-17-11-13/h4-12,18H,3H2,1-2H3,(H,19,20). The number of amides is 1. The highest BCUT2D eigenvalue weighted by Crippen LogP contribution is 2.20. The van der Waals surface area contributed by atoms with E-state index >= 15 is 0 Å². The van der Waals surface area contributed by atoms with Gasteiger partial charge in [-0.3, -0.25) is 10.3 Å². The van der Waals surface area contributed by atoms with Gasteiger partial charge < -0.3 is 10.1 Å². The number of hydrogen-bond donors (Lipinski definition) is 2. The monoisotopic (exact) mass is 285 g/mol. The molecule has 0 aliphatic rings. The van der Waals surface area contributed by atoms with Gasteiger partial charge in [0.2, 0.25) is 0 Å². The van der Waals surface area contributed by atoms with E-state index in [2.05, 4.69) is 22.5 Å². The lowest BCUT2D eigenvalue weighted by Gasteiger charge is -2.15. The average Bonchev–Trinajstić information content (AvgIpc) is 2.50. The lowest BCUT2D eigenvalue weighted by molar-refractivity contribution is 0.168. The fourth-order valence-electron chi connectivity index (χ4n) is 1.90. The molecular weight excluding hydrogens is 266 g/mol. The second-order valence-corrected chi connectivity index (χ2v) is 4.58. The number of rotatable bonds is 5. The topological polar surface area (TPSA) is 63.2 Å². The van der Waals surface area contributed by atoms with E-state index in [1.807, 2.05) is 42.6 Å². The molecule has 1 aromatic heterocycles. The molecule has 1 unspecified atom stereocenters. The quantitative estimate of drug-likeness (QED) is 0.876. The highest BCUT2D eigenvalue weighted by Gasteiger charge is 2.06. The summed E-state index contributed by atoms with van der Waals surface area (Å²) in [7, 11) is 0. The number of anilines is 2. The number of ether oxygens (including phenoxy) is 1. The molecule has 5 nitrogen and oxygen atoms in total. The largest absolute Gasteiger partial charge is 0.450 e. The van der Waals surface area contributed by atoms with Gasteiger partial charge in [-0.15, -0.1) is 0 Å². The first kappa shape index (κ1) is 14.8. The van der Waals surface area contributed by atoms with E-state index in [0.29, 0.717) is 12.3 Å². The van der Waals surface area contributed by atoms with Crippen LogP contribution in [-0.4, -0.2) is 17.7 Å². The van der Waals surface area contributed by atoms with Crippen molar-refractivity contribution in [2.75, 3.05) is 17.2 Å². The summed E-state index contributed by atoms with van der Waals surface area (Å²) in [4.78, 5) is 15.4. The first-order valence-corrected chi connectivity index (χ1v) is 6.89. The Hall–Kier alpha value is -2.56. The van der Waals surface area contributed by atoms with Gasteiger partial charge in [-0.2, -0.15) is 0 Å². The summed E-state index contributed by atoms with van der Waals surface area (Å²) in [6.07, 6.45) is 3.15. The van der Waals surface area contributed by atoms with Crippen LogP contribution in [0.2, 0.25) is 0 Å². The first-order chi connectivity index (χ1) is 10.2. The summed E-state index contributed by atoms with van der Waals surface area (Å²) in [6.45, 7) is 4.20. The molecule has 2 N–H and O–H groups in total. The molecule has 0 saturated heterocycles. The highest BCUT2D eigenvalue weighted by molar-refractivity contribution is 5.84. The Bertz CT molecular complexity index is 570. The molecule has 0 aliphatic carbocycles. The Labute approximate surface area is 124 Å². The van der Waals surface area contributed by atoms with Crippen molar-refractivity contribution in [2.24, 2.45) is 0 Å². The van der Waals surface area contributed by atoms with Gasteiger partial charge in [0.15, 0.2) is 0 Å². The van der Waals surface area contributed by atoms with Crippen LogP contribution >= 0.6 is 0 Å². The number of pyridine rings is 1. The zero-order valence-corrected chi connectivity index (χ0v) is 12.2. The number of carbonyl (C=O) groups is 1. The van der Waals surface area contributed by atoms with Crippen molar-refractivity contribution in [3.63, 3.8) is 0 Å². The smallest absolute Gasteiger partial charge is 0.411 e. The maximum absolute atomic E-state index is 11.3. The molecule has 0 aliphatic heterocycles. The number of carbonyl (C=O) groups excluding carboxylic acids is 1. The summed E-state index contributed by atoms with van der Waals surface area (Å²) in [5, 5.41) is 6.04. The van der Waals surface area contributed by atoms with Crippen LogP contribution in [0.4, 0.5) is 16.2 Å². The zero-order chi connectivity index (χ0) is 15.1. The van der Waals surface area contributed by atoms with Gasteiger partial charge in [0.1, 0.15) is 0 Å². The van der Waals surface area contributed by atoms with Gasteiger partial charge in [-0.1, -0.05) is 6.07 Å². The molecule has 2 rings (SSSR count). The first-order valence-electron chi connectivity index (χ1n) is 6.89. The van der Waals surface area contributed by atoms with Crippen molar-refractivity contribution in [2.45, 2.75) is 19.9 Å². The van der Waals surface area contributed by atoms with Crippen LogP contribution in [0, 0.1) is 0 Å². The molecule has 0 spiro atoms. The van der Waals surface area contributed by atoms with Crippen molar-refractivity contribution in [1.29, 1.82) is 0 Å². The Kier molecular flexibility index (Phi) is 5.15. The molecule has 1 heterocycles. The fraction of sp³-hybridized carbons (Fsp3) is 0.250. The molecule has 21 heavy (non-hydrogen) atoms. The number of nitrogens with zero attached hydrogens (tertiary/aromatic N) is 1. The van der Waals surface area contributed by atoms with Gasteiger partial charge >= 0.3 is 6.09 Å². The number of nitrogens with one attached hydrogen (secondary N) is 2. The molecule has 0 saturated carbocycles. The van der Waals surface area contributed by atoms with E-state index in [9.17, 15) is 4.79 Å². The SMILES string of the molecule is CCOC(=O)Nc1ccc(NC(C)c2cccnc2)cc1. The van der Waals surface area contributed by atoms with Gasteiger partial charge in [0.25, 0.3) is 0 Å². The van der Waals surface area contributed by atoms with Crippen LogP contribution < -0.4 is 10.6 Å². The molecule has 5 heteroatoms. The van der Waals surface area contributed by atoms with E-state index in [1.165, 1.54) is 0 Å². The van der Waals surface area contributed by atoms with Crippen molar-refractivity contribution in [3.05, 3.63) is 54.4 Å². The Morgan fingerprint density at radius 2 is 1.95 bits per heavy atom. The molecule has 1 aromatic carbocycles. The molecule has 0 fully saturated rings. The number of aromatic nitrogens is 1. The predicted octanol–water partition coefficient (Wildman–Crippen LogP) is 3.82. The second-order valence-electron chi connectivity index (χ2n) is 4.58. The summed E-state index contributed by atoms with van der Waals surface area (Å²) >= 11 is 0. The van der Waals surface area contributed by atoms with Gasteiger partial charge in [0, 0.05) is 23.8 Å². The van der Waals surface area contributed by atoms with Crippen LogP contribution in [0.5, 0.6) is 0 Å². The van der Waals surface area contributed by atoms with E-state index in [4.69, 9.17) is 4.74 Å². The normalized spacial score (nSPS) is 11.5. The van der Waals surface area contributed by atoms with Crippen molar-refractivity contribution < 1.29 is 9.53 Å². The van der Waals surface area contributed by atoms with Crippen LogP contribution in [-0.2, 0) is 4.74 Å². The summed E-state index contributed by atoms with van der Waals surface area (Å²) < 4.78 is 4.83. The zero-order valence-electron chi connectivity index (χ0n) is 12.2. The Morgan fingerprint density at radius 1 is 1.24 bits per heavy atom. The molecule has 1 atom stereocenters. The van der Waals surface area contributed by atoms with Crippen molar-refractivity contribution in [1.82, 2.24) is 4.98 Å². The van der Waals surface area contributed by atoms with Gasteiger partial charge in [-0.25, -0.2) is 4.79 Å². The minimum Gasteiger partial charge on any atom is -0.450 e. The minimum absolute atomic E-state index is 0.155. The second kappa shape index (κ2) is 7.28. The predicted molar refractivity (Wildman–Crippen MR) is 83.4 cm³/mol. The third-order valence-electron chi connectivity index (χ3n) is 2.97. The molecule has 1 amide bonds. The Morgan fingerprint density at radius 3 is 2.57 bits per heavy atom. The van der Waals surface area contributed by atoms with E-state index < -0.39 is 6.09 Å². The third-order valence-corrected chi connectivity index (χ3v) is 2.97. The highest BCUT2D eigenvalue weighted by atomic mass is 16.5. The molecule has 0 radical (unpaired) electrons. The van der Waals surface area contributed by atoms with Crippen LogP contribution in [0.25, 0.3) is 0 Å². The Balaban J connectivity index is 1.95. The molecular formula is C16H19N3O2. The van der Waals surface area contributed by atoms with Gasteiger partial charge in [0.05, 0.1) is 12.6 Å². The summed E-state index contributed by atoms with van der Waals surface area (Å²) in [5.74, 6) is 0. The fourth-order valence-corrected chi connectivity index (χ4v) is 1.90. The molecule has 2 aromatic rings. The number of benzene rings is 1. The van der Waals surface area contributed by atoms with Crippen LogP contribution in [0.1, 0.15) is 25.5 Å². The summed E-state index contributed by atoms with van der Waals surface area (Å²) in [5.41, 5.74) is 2.79. The lowest BCUT2D eigenvalue weighted by Crippen LogP contribution is -2.13. The molecule has 0 bridgehead atoms. The average molecular weight is 285 g/mol. The van der Waals surface area contributed by atoms with E-state index in [1.54, 1.807) is 13.1 Å². The maximum atomic E-state index is 11.3. The lowest BCUT2D eigenvalue weighted by atomic mass is 10.1. The van der Waals surface area contributed by atoms with Crippen molar-refractivity contribution in [3.8, 4) is 0 Å². The van der Waals surface area contributed by atoms with E-state index in [-0.39, 0.29) is 6.04 Å². The van der Waals surface area contributed by atoms with Gasteiger partial charge in [-0.05, 0) is 49.7 Å². The summed E-state index contributed by atoms with van der Waals surface area (Å²) in [6, 6.07) is 11.6. The molecule has 110 valence electrons. The van der Waals surface area contributed by atoms with Crippen LogP contribution in [0.15, 0.2) is 48.8 Å². The minimum atomic E-state index is -0.443. The number of hydrogen-bond acceptors (Lipinski definition) is 4. The van der Waals surface area contributed by atoms with Crippen molar-refractivity contribution >= 4 is 17.5 Å². The van der Waals surface area contributed by atoms with E-state index in [0.717, 1.165) is 11.3 Å².